The van der Waals surface area contributed by atoms with Crippen molar-refractivity contribution in [3.8, 4) is 0 Å². The average Bonchev–Trinajstić information content (AvgIpc) is 2.61. The molecule has 0 aromatic carbocycles. The molecule has 0 aromatic rings. The number of nitrogens with one attached hydrogen (secondary N) is 1. The largest absolute Gasteiger partial charge is 0.379 e. The van der Waals surface area contributed by atoms with Crippen LogP contribution >= 0.6 is 0 Å². The first-order chi connectivity index (χ1) is 12.3. The van der Waals surface area contributed by atoms with Crippen molar-refractivity contribution in [2.75, 3.05) is 48.5 Å². The number of carbonyl (C=O) groups is 2. The van der Waals surface area contributed by atoms with Crippen molar-refractivity contribution < 1.29 is 23.8 Å². The van der Waals surface area contributed by atoms with Crippen molar-refractivity contribution in [3.05, 3.63) is 11.6 Å². The lowest BCUT2D eigenvalue weighted by Gasteiger charge is -2.38. The minimum Gasteiger partial charge on any atom is -0.379 e. The van der Waals surface area contributed by atoms with E-state index in [-0.39, 0.29) is 41.5 Å². The average molecular weight is 370 g/mol. The summed E-state index contributed by atoms with van der Waals surface area (Å²) >= 11 is 0. The molecule has 0 aromatic heterocycles. The van der Waals surface area contributed by atoms with Crippen LogP contribution in [-0.4, -0.2) is 83.4 Å². The van der Waals surface area contributed by atoms with Crippen molar-refractivity contribution in [2.24, 2.45) is 5.92 Å². The monoisotopic (exact) mass is 370 g/mol. The lowest BCUT2D eigenvalue weighted by atomic mass is 9.81. The van der Waals surface area contributed by atoms with Gasteiger partial charge in [0.1, 0.15) is 6.10 Å². The van der Waals surface area contributed by atoms with Crippen LogP contribution in [0, 0.1) is 5.92 Å². The third-order valence-corrected chi connectivity index (χ3v) is 4.77. The second-order valence-electron chi connectivity index (χ2n) is 7.03. The summed E-state index contributed by atoms with van der Waals surface area (Å²) in [6, 6.07) is 0. The van der Waals surface area contributed by atoms with Crippen LogP contribution in [0.5, 0.6) is 0 Å². The second-order valence-corrected chi connectivity index (χ2v) is 7.03. The fourth-order valence-electron chi connectivity index (χ4n) is 3.38. The van der Waals surface area contributed by atoms with Crippen LogP contribution in [0.1, 0.15) is 26.2 Å². The lowest BCUT2D eigenvalue weighted by Crippen LogP contribution is -2.47. The third-order valence-electron chi connectivity index (χ3n) is 4.77. The fourth-order valence-corrected chi connectivity index (χ4v) is 3.38. The number of ketones is 1. The van der Waals surface area contributed by atoms with Gasteiger partial charge in [-0.2, -0.15) is 0 Å². The molecule has 26 heavy (non-hydrogen) atoms. The van der Waals surface area contributed by atoms with Gasteiger partial charge in [-0.1, -0.05) is 6.08 Å². The Bertz CT molecular complexity index is 478. The molecule has 0 radical (unpaired) electrons. The fraction of sp³-hybridized carbons (Fsp3) is 0.789. The Hall–Kier alpha value is -1.28. The number of ether oxygens (including phenoxy) is 3. The van der Waals surface area contributed by atoms with Gasteiger partial charge in [0.15, 0.2) is 5.78 Å². The molecule has 1 aliphatic carbocycles. The second kappa shape index (κ2) is 11.4. The molecule has 150 valence electrons. The molecule has 7 heteroatoms. The molecule has 0 saturated heterocycles. The first-order valence-electron chi connectivity index (χ1n) is 9.08. The molecular weight excluding hydrogens is 336 g/mol. The maximum absolute atomic E-state index is 12.4. The normalized spacial score (nSPS) is 26.8. The number of allylic oxidation sites excluding steroid dienone is 1. The van der Waals surface area contributed by atoms with E-state index < -0.39 is 0 Å². The van der Waals surface area contributed by atoms with Crippen LogP contribution in [0.3, 0.4) is 0 Å². The molecule has 0 spiro atoms. The van der Waals surface area contributed by atoms with Gasteiger partial charge in [-0.25, -0.2) is 0 Å². The van der Waals surface area contributed by atoms with Crippen molar-refractivity contribution in [1.29, 1.82) is 0 Å². The highest BCUT2D eigenvalue weighted by molar-refractivity contribution is 6.18. The molecule has 0 bridgehead atoms. The first-order valence-corrected chi connectivity index (χ1v) is 9.08. The zero-order chi connectivity index (χ0) is 19.7. The standard InChI is InChI=1S/C19H34N2O5/c1-13(22)15(19(23)20-8-7-9-21(2)3)10-14-11-16(24-4)18(26-6)17(12-14)25-5/h10,14,16-18H,7-9,11-12H2,1-6H3,(H,20,23)/b15-10+. The number of methoxy groups -OCH3 is 3. The Labute approximate surface area is 157 Å². The highest BCUT2D eigenvalue weighted by Gasteiger charge is 2.38. The number of hydrogen-bond donors (Lipinski definition) is 1. The number of amides is 1. The van der Waals surface area contributed by atoms with Gasteiger partial charge in [-0.15, -0.1) is 0 Å². The predicted octanol–water partition coefficient (Wildman–Crippen LogP) is 1.02. The quantitative estimate of drug-likeness (QED) is 0.268. The van der Waals surface area contributed by atoms with Gasteiger partial charge in [0.2, 0.25) is 0 Å². The molecule has 1 rings (SSSR count). The Morgan fingerprint density at radius 3 is 2.08 bits per heavy atom. The van der Waals surface area contributed by atoms with Gasteiger partial charge in [-0.05, 0) is 52.7 Å². The molecule has 0 heterocycles. The topological polar surface area (TPSA) is 77.1 Å². The maximum atomic E-state index is 12.4. The summed E-state index contributed by atoms with van der Waals surface area (Å²) in [4.78, 5) is 26.5. The van der Waals surface area contributed by atoms with Crippen molar-refractivity contribution in [1.82, 2.24) is 10.2 Å². The Balaban J connectivity index is 2.80. The molecule has 2 unspecified atom stereocenters. The molecule has 0 aliphatic heterocycles. The van der Waals surface area contributed by atoms with Crippen LogP contribution in [-0.2, 0) is 23.8 Å². The lowest BCUT2D eigenvalue weighted by molar-refractivity contribution is -0.136. The van der Waals surface area contributed by atoms with Crippen LogP contribution in [0.2, 0.25) is 0 Å². The first kappa shape index (κ1) is 22.8. The van der Waals surface area contributed by atoms with E-state index in [9.17, 15) is 9.59 Å². The van der Waals surface area contributed by atoms with E-state index in [2.05, 4.69) is 10.2 Å². The summed E-state index contributed by atoms with van der Waals surface area (Å²) in [5.74, 6) is -0.525. The third kappa shape index (κ3) is 6.79. The molecule has 1 aliphatic rings. The highest BCUT2D eigenvalue weighted by Crippen LogP contribution is 2.31. The molecule has 7 nitrogen and oxygen atoms in total. The summed E-state index contributed by atoms with van der Waals surface area (Å²) in [6.45, 7) is 2.85. The molecule has 1 amide bonds. The summed E-state index contributed by atoms with van der Waals surface area (Å²) in [5, 5.41) is 2.84. The van der Waals surface area contributed by atoms with Crippen LogP contribution in [0.15, 0.2) is 11.6 Å². The molecule has 1 N–H and O–H groups in total. The Morgan fingerprint density at radius 2 is 1.65 bits per heavy atom. The SMILES string of the molecule is COC1CC(/C=C(\C(C)=O)C(=O)NCCCN(C)C)CC(OC)C1OC. The van der Waals surface area contributed by atoms with Gasteiger partial charge in [0, 0.05) is 27.9 Å². The summed E-state index contributed by atoms with van der Waals surface area (Å²) in [5.41, 5.74) is 0.209. The highest BCUT2D eigenvalue weighted by atomic mass is 16.6. The van der Waals surface area contributed by atoms with Gasteiger partial charge >= 0.3 is 0 Å². The van der Waals surface area contributed by atoms with Gasteiger partial charge in [0.05, 0.1) is 17.8 Å². The smallest absolute Gasteiger partial charge is 0.254 e. The number of hydrogen-bond acceptors (Lipinski definition) is 6. The van der Waals surface area contributed by atoms with Crippen LogP contribution in [0.25, 0.3) is 0 Å². The van der Waals surface area contributed by atoms with E-state index >= 15 is 0 Å². The van der Waals surface area contributed by atoms with E-state index in [0.717, 1.165) is 13.0 Å². The predicted molar refractivity (Wildman–Crippen MR) is 100 cm³/mol. The summed E-state index contributed by atoms with van der Waals surface area (Å²) < 4.78 is 16.6. The summed E-state index contributed by atoms with van der Waals surface area (Å²) in [6.07, 6.45) is 3.52. The van der Waals surface area contributed by atoms with Crippen LogP contribution < -0.4 is 5.32 Å². The minimum absolute atomic E-state index is 0.0164. The zero-order valence-electron chi connectivity index (χ0n) is 16.9. The van der Waals surface area contributed by atoms with E-state index in [0.29, 0.717) is 19.4 Å². The number of carbonyl (C=O) groups excluding carboxylic acids is 2. The number of rotatable bonds is 10. The van der Waals surface area contributed by atoms with Crippen molar-refractivity contribution in [2.45, 2.75) is 44.5 Å². The van der Waals surface area contributed by atoms with Gasteiger partial charge in [-0.3, -0.25) is 9.59 Å². The number of nitrogens with zero attached hydrogens (tertiary/aromatic N) is 1. The number of Topliss-reactive ketones (excluding diaryl/α,β-unsaturated/α-hetero) is 1. The molecule has 2 atom stereocenters. The van der Waals surface area contributed by atoms with E-state index in [1.54, 1.807) is 27.4 Å². The Kier molecular flexibility index (Phi) is 10.0. The van der Waals surface area contributed by atoms with Crippen molar-refractivity contribution >= 4 is 11.7 Å². The van der Waals surface area contributed by atoms with E-state index in [1.165, 1.54) is 6.92 Å². The maximum Gasteiger partial charge on any atom is 0.254 e. The van der Waals surface area contributed by atoms with E-state index in [4.69, 9.17) is 14.2 Å². The minimum atomic E-state index is -0.312. The van der Waals surface area contributed by atoms with Crippen molar-refractivity contribution in [3.63, 3.8) is 0 Å². The van der Waals surface area contributed by atoms with Gasteiger partial charge < -0.3 is 24.4 Å². The van der Waals surface area contributed by atoms with Gasteiger partial charge in [0.25, 0.3) is 5.91 Å². The molecular formula is C19H34N2O5. The summed E-state index contributed by atoms with van der Waals surface area (Å²) in [7, 11) is 8.88. The molecule has 1 fully saturated rings. The van der Waals surface area contributed by atoms with Crippen LogP contribution in [0.4, 0.5) is 0 Å². The molecule has 1 saturated carbocycles. The zero-order valence-corrected chi connectivity index (χ0v) is 16.9. The van der Waals surface area contributed by atoms with E-state index in [1.807, 2.05) is 14.1 Å². The Morgan fingerprint density at radius 1 is 1.08 bits per heavy atom.